The standard InChI is InChI=1S/C12H16N2O3/c1-16-10-5-4-8(7-9(10)13)14-12(15)11-3-2-6-17-11/h4-5,7,11H,2-3,6,13H2,1H3,(H,14,15)/t11-/m1/s1. The molecule has 1 aromatic carbocycles. The Morgan fingerprint density at radius 1 is 1.59 bits per heavy atom. The summed E-state index contributed by atoms with van der Waals surface area (Å²) in [5.41, 5.74) is 6.91. The van der Waals surface area contributed by atoms with Crippen molar-refractivity contribution in [1.82, 2.24) is 0 Å². The molecule has 1 atom stereocenters. The van der Waals surface area contributed by atoms with E-state index < -0.39 is 0 Å². The lowest BCUT2D eigenvalue weighted by Crippen LogP contribution is -2.26. The summed E-state index contributed by atoms with van der Waals surface area (Å²) in [6, 6.07) is 5.15. The number of methoxy groups -OCH3 is 1. The minimum atomic E-state index is -0.335. The summed E-state index contributed by atoms with van der Waals surface area (Å²) in [7, 11) is 1.55. The van der Waals surface area contributed by atoms with Crippen LogP contribution in [-0.2, 0) is 9.53 Å². The summed E-state index contributed by atoms with van der Waals surface area (Å²) in [6.45, 7) is 0.656. The van der Waals surface area contributed by atoms with Crippen molar-refractivity contribution in [2.24, 2.45) is 0 Å². The van der Waals surface area contributed by atoms with E-state index in [0.29, 0.717) is 23.7 Å². The molecule has 5 nitrogen and oxygen atoms in total. The maximum Gasteiger partial charge on any atom is 0.253 e. The number of benzene rings is 1. The molecule has 1 aliphatic rings. The molecule has 0 spiro atoms. The summed E-state index contributed by atoms with van der Waals surface area (Å²) in [5, 5.41) is 2.78. The maximum atomic E-state index is 11.8. The molecular formula is C12H16N2O3. The van der Waals surface area contributed by atoms with Gasteiger partial charge in [-0.15, -0.1) is 0 Å². The van der Waals surface area contributed by atoms with Gasteiger partial charge in [0.1, 0.15) is 11.9 Å². The summed E-state index contributed by atoms with van der Waals surface area (Å²) in [4.78, 5) is 11.8. The fraction of sp³-hybridized carbons (Fsp3) is 0.417. The zero-order valence-corrected chi connectivity index (χ0v) is 9.73. The van der Waals surface area contributed by atoms with Gasteiger partial charge in [0, 0.05) is 12.3 Å². The number of carbonyl (C=O) groups is 1. The van der Waals surface area contributed by atoms with Gasteiger partial charge in [0.25, 0.3) is 5.91 Å². The molecule has 0 unspecified atom stereocenters. The average Bonchev–Trinajstić information content (AvgIpc) is 2.82. The fourth-order valence-electron chi connectivity index (χ4n) is 1.82. The van der Waals surface area contributed by atoms with Gasteiger partial charge < -0.3 is 20.5 Å². The topological polar surface area (TPSA) is 73.6 Å². The number of nitrogen functional groups attached to an aromatic ring is 1. The molecule has 92 valence electrons. The summed E-state index contributed by atoms with van der Waals surface area (Å²) >= 11 is 0. The molecule has 1 heterocycles. The summed E-state index contributed by atoms with van der Waals surface area (Å²) in [6.07, 6.45) is 1.37. The highest BCUT2D eigenvalue weighted by atomic mass is 16.5. The molecule has 2 rings (SSSR count). The van der Waals surface area contributed by atoms with Gasteiger partial charge in [-0.3, -0.25) is 4.79 Å². The number of rotatable bonds is 3. The largest absolute Gasteiger partial charge is 0.495 e. The second-order valence-corrected chi connectivity index (χ2v) is 3.95. The van der Waals surface area contributed by atoms with Gasteiger partial charge in [0.05, 0.1) is 12.8 Å². The van der Waals surface area contributed by atoms with E-state index in [9.17, 15) is 4.79 Å². The Balaban J connectivity index is 2.03. The Labute approximate surface area is 99.9 Å². The van der Waals surface area contributed by atoms with Crippen LogP contribution in [0.15, 0.2) is 18.2 Å². The van der Waals surface area contributed by atoms with Crippen LogP contribution >= 0.6 is 0 Å². The van der Waals surface area contributed by atoms with E-state index in [-0.39, 0.29) is 12.0 Å². The van der Waals surface area contributed by atoms with E-state index in [1.54, 1.807) is 25.3 Å². The zero-order chi connectivity index (χ0) is 12.3. The molecule has 1 fully saturated rings. The molecule has 3 N–H and O–H groups in total. The Morgan fingerprint density at radius 2 is 2.41 bits per heavy atom. The first-order chi connectivity index (χ1) is 8.20. The van der Waals surface area contributed by atoms with E-state index in [1.807, 2.05) is 0 Å². The smallest absolute Gasteiger partial charge is 0.253 e. The van der Waals surface area contributed by atoms with Crippen LogP contribution in [0.2, 0.25) is 0 Å². The first kappa shape index (κ1) is 11.7. The van der Waals surface area contributed by atoms with Crippen LogP contribution in [0.3, 0.4) is 0 Å². The van der Waals surface area contributed by atoms with E-state index in [4.69, 9.17) is 15.2 Å². The van der Waals surface area contributed by atoms with Gasteiger partial charge in [-0.2, -0.15) is 0 Å². The average molecular weight is 236 g/mol. The predicted octanol–water partition coefficient (Wildman–Crippen LogP) is 1.39. The van der Waals surface area contributed by atoms with Crippen molar-refractivity contribution in [3.63, 3.8) is 0 Å². The van der Waals surface area contributed by atoms with Crippen LogP contribution in [0.4, 0.5) is 11.4 Å². The number of amides is 1. The van der Waals surface area contributed by atoms with Crippen molar-refractivity contribution in [3.05, 3.63) is 18.2 Å². The molecule has 1 aliphatic heterocycles. The van der Waals surface area contributed by atoms with Crippen LogP contribution in [0.5, 0.6) is 5.75 Å². The first-order valence-corrected chi connectivity index (χ1v) is 5.56. The van der Waals surface area contributed by atoms with E-state index in [0.717, 1.165) is 12.8 Å². The molecule has 17 heavy (non-hydrogen) atoms. The van der Waals surface area contributed by atoms with Crippen LogP contribution in [-0.4, -0.2) is 25.7 Å². The predicted molar refractivity (Wildman–Crippen MR) is 65.0 cm³/mol. The lowest BCUT2D eigenvalue weighted by atomic mass is 10.2. The van der Waals surface area contributed by atoms with Crippen molar-refractivity contribution in [2.45, 2.75) is 18.9 Å². The van der Waals surface area contributed by atoms with Crippen molar-refractivity contribution in [3.8, 4) is 5.75 Å². The molecule has 0 saturated carbocycles. The minimum Gasteiger partial charge on any atom is -0.495 e. The highest BCUT2D eigenvalue weighted by Gasteiger charge is 2.23. The van der Waals surface area contributed by atoms with Crippen LogP contribution < -0.4 is 15.8 Å². The van der Waals surface area contributed by atoms with Crippen molar-refractivity contribution < 1.29 is 14.3 Å². The van der Waals surface area contributed by atoms with Crippen molar-refractivity contribution in [1.29, 1.82) is 0 Å². The molecule has 5 heteroatoms. The van der Waals surface area contributed by atoms with Crippen LogP contribution in [0.25, 0.3) is 0 Å². The fourth-order valence-corrected chi connectivity index (χ4v) is 1.82. The third-order valence-corrected chi connectivity index (χ3v) is 2.72. The van der Waals surface area contributed by atoms with Crippen LogP contribution in [0.1, 0.15) is 12.8 Å². The number of hydrogen-bond acceptors (Lipinski definition) is 4. The minimum absolute atomic E-state index is 0.118. The Bertz CT molecular complexity index is 414. The lowest BCUT2D eigenvalue weighted by molar-refractivity contribution is -0.124. The normalized spacial score (nSPS) is 19.0. The zero-order valence-electron chi connectivity index (χ0n) is 9.73. The van der Waals surface area contributed by atoms with Gasteiger partial charge in [-0.25, -0.2) is 0 Å². The molecule has 0 aromatic heterocycles. The van der Waals surface area contributed by atoms with Crippen molar-refractivity contribution in [2.75, 3.05) is 24.8 Å². The third-order valence-electron chi connectivity index (χ3n) is 2.72. The second-order valence-electron chi connectivity index (χ2n) is 3.95. The van der Waals surface area contributed by atoms with E-state index >= 15 is 0 Å². The molecule has 0 bridgehead atoms. The molecule has 1 saturated heterocycles. The molecule has 0 radical (unpaired) electrons. The summed E-state index contributed by atoms with van der Waals surface area (Å²) < 4.78 is 10.3. The Morgan fingerprint density at radius 3 is 3.00 bits per heavy atom. The number of nitrogens with one attached hydrogen (secondary N) is 1. The van der Waals surface area contributed by atoms with Crippen molar-refractivity contribution >= 4 is 17.3 Å². The highest BCUT2D eigenvalue weighted by molar-refractivity contribution is 5.94. The van der Waals surface area contributed by atoms with E-state index in [2.05, 4.69) is 5.32 Å². The Hall–Kier alpha value is -1.75. The molecule has 1 aromatic rings. The quantitative estimate of drug-likeness (QED) is 0.778. The molecule has 0 aliphatic carbocycles. The third kappa shape index (κ3) is 2.68. The van der Waals surface area contributed by atoms with Gasteiger partial charge in [0.15, 0.2) is 0 Å². The molecule has 1 amide bonds. The van der Waals surface area contributed by atoms with Gasteiger partial charge >= 0.3 is 0 Å². The lowest BCUT2D eigenvalue weighted by Gasteiger charge is -2.11. The number of hydrogen-bond donors (Lipinski definition) is 2. The van der Waals surface area contributed by atoms with Gasteiger partial charge in [0.2, 0.25) is 0 Å². The number of carbonyl (C=O) groups excluding carboxylic acids is 1. The summed E-state index contributed by atoms with van der Waals surface area (Å²) in [5.74, 6) is 0.479. The molecular weight excluding hydrogens is 220 g/mol. The number of anilines is 2. The van der Waals surface area contributed by atoms with Gasteiger partial charge in [-0.1, -0.05) is 0 Å². The first-order valence-electron chi connectivity index (χ1n) is 5.56. The van der Waals surface area contributed by atoms with Crippen LogP contribution in [0, 0.1) is 0 Å². The highest BCUT2D eigenvalue weighted by Crippen LogP contribution is 2.25. The Kier molecular flexibility index (Phi) is 3.49. The van der Waals surface area contributed by atoms with Gasteiger partial charge in [-0.05, 0) is 31.0 Å². The SMILES string of the molecule is COc1ccc(NC(=O)[C@H]2CCCO2)cc1N. The monoisotopic (exact) mass is 236 g/mol. The number of ether oxygens (including phenoxy) is 2. The van der Waals surface area contributed by atoms with E-state index in [1.165, 1.54) is 0 Å². The maximum absolute atomic E-state index is 11.8. The second kappa shape index (κ2) is 5.05. The number of nitrogens with two attached hydrogens (primary N) is 1.